The first-order chi connectivity index (χ1) is 9.39. The highest BCUT2D eigenvalue weighted by molar-refractivity contribution is 5.85. The lowest BCUT2D eigenvalue weighted by molar-refractivity contribution is -0.133. The summed E-state index contributed by atoms with van der Waals surface area (Å²) in [6.45, 7) is 15.2. The third-order valence-corrected chi connectivity index (χ3v) is 4.09. The lowest BCUT2D eigenvalue weighted by atomic mass is 9.98. The van der Waals surface area contributed by atoms with E-state index in [9.17, 15) is 4.79 Å². The number of rotatable bonds is 7. The van der Waals surface area contributed by atoms with Gasteiger partial charge in [0.1, 0.15) is 0 Å². The monoisotopic (exact) mass is 285 g/mol. The standard InChI is InChI=1S/C15H31N3O2/c1-6-20-11-13(12(2)3)17-14(19)15(4,5)18-9-7-16-8-10-18/h12-13,16H,6-11H2,1-5H3,(H,17,19). The molecule has 1 unspecified atom stereocenters. The van der Waals surface area contributed by atoms with Crippen LogP contribution in [0, 0.1) is 5.92 Å². The van der Waals surface area contributed by atoms with Crippen LogP contribution in [0.15, 0.2) is 0 Å². The minimum Gasteiger partial charge on any atom is -0.380 e. The summed E-state index contributed by atoms with van der Waals surface area (Å²) in [5.74, 6) is 0.460. The lowest BCUT2D eigenvalue weighted by Gasteiger charge is -2.40. The number of nitrogens with one attached hydrogen (secondary N) is 2. The fourth-order valence-corrected chi connectivity index (χ4v) is 2.36. The summed E-state index contributed by atoms with van der Waals surface area (Å²) < 4.78 is 5.48. The molecule has 0 aromatic carbocycles. The van der Waals surface area contributed by atoms with Crippen LogP contribution >= 0.6 is 0 Å². The van der Waals surface area contributed by atoms with Crippen molar-refractivity contribution in [1.29, 1.82) is 0 Å². The van der Waals surface area contributed by atoms with Gasteiger partial charge in [-0.3, -0.25) is 9.69 Å². The Bertz CT molecular complexity index is 299. The number of nitrogens with zero attached hydrogens (tertiary/aromatic N) is 1. The van der Waals surface area contributed by atoms with Crippen molar-refractivity contribution >= 4 is 5.91 Å². The van der Waals surface area contributed by atoms with E-state index in [0.29, 0.717) is 19.1 Å². The number of hydrogen-bond donors (Lipinski definition) is 2. The molecule has 1 heterocycles. The minimum atomic E-state index is -0.471. The molecule has 1 saturated heterocycles. The van der Waals surface area contributed by atoms with Crippen molar-refractivity contribution in [2.45, 2.75) is 46.2 Å². The lowest BCUT2D eigenvalue weighted by Crippen LogP contribution is -2.61. The van der Waals surface area contributed by atoms with Gasteiger partial charge in [0.15, 0.2) is 0 Å². The summed E-state index contributed by atoms with van der Waals surface area (Å²) in [6.07, 6.45) is 0. The van der Waals surface area contributed by atoms with E-state index in [1.165, 1.54) is 0 Å². The fourth-order valence-electron chi connectivity index (χ4n) is 2.36. The number of hydrogen-bond acceptors (Lipinski definition) is 4. The molecule has 1 atom stereocenters. The van der Waals surface area contributed by atoms with Crippen LogP contribution in [0.1, 0.15) is 34.6 Å². The van der Waals surface area contributed by atoms with E-state index in [1.807, 2.05) is 20.8 Å². The van der Waals surface area contributed by atoms with Crippen LogP contribution in [0.4, 0.5) is 0 Å². The van der Waals surface area contributed by atoms with Crippen molar-refractivity contribution in [3.05, 3.63) is 0 Å². The molecule has 0 aliphatic carbocycles. The summed E-state index contributed by atoms with van der Waals surface area (Å²) in [5, 5.41) is 6.48. The zero-order valence-corrected chi connectivity index (χ0v) is 13.7. The Morgan fingerprint density at radius 1 is 1.35 bits per heavy atom. The molecule has 0 saturated carbocycles. The van der Waals surface area contributed by atoms with Gasteiger partial charge in [-0.2, -0.15) is 0 Å². The van der Waals surface area contributed by atoms with Crippen LogP contribution in [0.5, 0.6) is 0 Å². The second kappa shape index (κ2) is 7.96. The summed E-state index contributed by atoms with van der Waals surface area (Å²) in [4.78, 5) is 14.9. The average molecular weight is 285 g/mol. The first kappa shape index (κ1) is 17.4. The molecule has 1 aliphatic rings. The quantitative estimate of drug-likeness (QED) is 0.728. The van der Waals surface area contributed by atoms with E-state index in [1.54, 1.807) is 0 Å². The van der Waals surface area contributed by atoms with Gasteiger partial charge < -0.3 is 15.4 Å². The van der Waals surface area contributed by atoms with Gasteiger partial charge in [0.05, 0.1) is 18.2 Å². The smallest absolute Gasteiger partial charge is 0.240 e. The summed E-state index contributed by atoms with van der Waals surface area (Å²) in [5.41, 5.74) is -0.471. The maximum atomic E-state index is 12.6. The molecule has 118 valence electrons. The SMILES string of the molecule is CCOCC(NC(=O)C(C)(C)N1CCNCC1)C(C)C. The molecule has 5 nitrogen and oxygen atoms in total. The van der Waals surface area contributed by atoms with Crippen molar-refractivity contribution in [3.8, 4) is 0 Å². The molecule has 0 spiro atoms. The maximum absolute atomic E-state index is 12.6. The molecule has 20 heavy (non-hydrogen) atoms. The van der Waals surface area contributed by atoms with Crippen molar-refractivity contribution in [2.75, 3.05) is 39.4 Å². The topological polar surface area (TPSA) is 53.6 Å². The van der Waals surface area contributed by atoms with E-state index < -0.39 is 5.54 Å². The summed E-state index contributed by atoms with van der Waals surface area (Å²) in [6, 6.07) is 0.0737. The number of amides is 1. The minimum absolute atomic E-state index is 0.0737. The van der Waals surface area contributed by atoms with Crippen LogP contribution in [-0.4, -0.2) is 61.8 Å². The van der Waals surface area contributed by atoms with Gasteiger partial charge in [0.2, 0.25) is 5.91 Å². The Morgan fingerprint density at radius 2 is 1.95 bits per heavy atom. The molecule has 0 radical (unpaired) electrons. The predicted octanol–water partition coefficient (Wildman–Crippen LogP) is 0.848. The van der Waals surface area contributed by atoms with Gasteiger partial charge >= 0.3 is 0 Å². The van der Waals surface area contributed by atoms with Gasteiger partial charge in [-0.25, -0.2) is 0 Å². The van der Waals surface area contributed by atoms with Crippen molar-refractivity contribution in [3.63, 3.8) is 0 Å². The second-order valence-corrected chi connectivity index (χ2v) is 6.28. The van der Waals surface area contributed by atoms with E-state index in [2.05, 4.69) is 29.4 Å². The average Bonchev–Trinajstić information content (AvgIpc) is 2.43. The molecule has 1 fully saturated rings. The van der Waals surface area contributed by atoms with Crippen molar-refractivity contribution < 1.29 is 9.53 Å². The molecule has 1 rings (SSSR count). The Labute approximate surface area is 123 Å². The molecule has 0 aromatic heterocycles. The molecule has 5 heteroatoms. The van der Waals surface area contributed by atoms with Gasteiger partial charge in [0.25, 0.3) is 0 Å². The van der Waals surface area contributed by atoms with Gasteiger partial charge in [-0.1, -0.05) is 13.8 Å². The first-order valence-electron chi connectivity index (χ1n) is 7.74. The van der Waals surface area contributed by atoms with Crippen LogP contribution in [0.3, 0.4) is 0 Å². The van der Waals surface area contributed by atoms with E-state index in [0.717, 1.165) is 26.2 Å². The van der Waals surface area contributed by atoms with Crippen LogP contribution in [0.25, 0.3) is 0 Å². The normalized spacial score (nSPS) is 19.1. The highest BCUT2D eigenvalue weighted by Gasteiger charge is 2.36. The number of piperazine rings is 1. The predicted molar refractivity (Wildman–Crippen MR) is 81.8 cm³/mol. The molecular formula is C15H31N3O2. The first-order valence-corrected chi connectivity index (χ1v) is 7.74. The molecule has 1 amide bonds. The van der Waals surface area contributed by atoms with Crippen LogP contribution in [-0.2, 0) is 9.53 Å². The van der Waals surface area contributed by atoms with Crippen LogP contribution in [0.2, 0.25) is 0 Å². The number of carbonyl (C=O) groups excluding carboxylic acids is 1. The number of ether oxygens (including phenoxy) is 1. The number of carbonyl (C=O) groups is 1. The van der Waals surface area contributed by atoms with Gasteiger partial charge in [-0.15, -0.1) is 0 Å². The van der Waals surface area contributed by atoms with E-state index in [-0.39, 0.29) is 11.9 Å². The highest BCUT2D eigenvalue weighted by atomic mass is 16.5. The zero-order valence-electron chi connectivity index (χ0n) is 13.7. The molecule has 0 aromatic rings. The summed E-state index contributed by atoms with van der Waals surface area (Å²) >= 11 is 0. The second-order valence-electron chi connectivity index (χ2n) is 6.28. The Morgan fingerprint density at radius 3 is 2.45 bits per heavy atom. The molecule has 2 N–H and O–H groups in total. The maximum Gasteiger partial charge on any atom is 0.240 e. The van der Waals surface area contributed by atoms with E-state index >= 15 is 0 Å². The van der Waals surface area contributed by atoms with Gasteiger partial charge in [0, 0.05) is 32.8 Å². The molecule has 0 bridgehead atoms. The fraction of sp³-hybridized carbons (Fsp3) is 0.933. The molecular weight excluding hydrogens is 254 g/mol. The third kappa shape index (κ3) is 4.72. The summed E-state index contributed by atoms with van der Waals surface area (Å²) in [7, 11) is 0. The van der Waals surface area contributed by atoms with Crippen LogP contribution < -0.4 is 10.6 Å². The third-order valence-electron chi connectivity index (χ3n) is 4.09. The highest BCUT2D eigenvalue weighted by Crippen LogP contribution is 2.16. The largest absolute Gasteiger partial charge is 0.380 e. The Hall–Kier alpha value is -0.650. The Balaban J connectivity index is 2.61. The zero-order chi connectivity index (χ0) is 15.2. The van der Waals surface area contributed by atoms with Crippen molar-refractivity contribution in [2.24, 2.45) is 5.92 Å². The Kier molecular flexibility index (Phi) is 6.92. The van der Waals surface area contributed by atoms with Gasteiger partial charge in [-0.05, 0) is 26.7 Å². The molecule has 1 aliphatic heterocycles. The van der Waals surface area contributed by atoms with E-state index in [4.69, 9.17) is 4.74 Å². The van der Waals surface area contributed by atoms with Crippen molar-refractivity contribution in [1.82, 2.24) is 15.5 Å².